The molecule has 1 aromatic carbocycles. The van der Waals surface area contributed by atoms with E-state index in [0.717, 1.165) is 12.8 Å². The molecule has 0 bridgehead atoms. The highest BCUT2D eigenvalue weighted by atomic mass is 16.5. The van der Waals surface area contributed by atoms with E-state index in [1.807, 2.05) is 0 Å². The van der Waals surface area contributed by atoms with Gasteiger partial charge < -0.3 is 9.64 Å². The third-order valence-electron chi connectivity index (χ3n) is 5.41. The minimum Gasteiger partial charge on any atom is -0.462 e. The molecule has 2 aliphatic rings. The van der Waals surface area contributed by atoms with Crippen molar-refractivity contribution in [1.29, 1.82) is 0 Å². The molecule has 0 amide bonds. The van der Waals surface area contributed by atoms with Gasteiger partial charge in [0.05, 0.1) is 12.6 Å². The zero-order chi connectivity index (χ0) is 17.4. The summed E-state index contributed by atoms with van der Waals surface area (Å²) in [5.74, 6) is -0.614. The normalized spacial score (nSPS) is 22.6. The summed E-state index contributed by atoms with van der Waals surface area (Å²) in [4.78, 5) is 26.8. The van der Waals surface area contributed by atoms with Gasteiger partial charge in [-0.05, 0) is 55.9 Å². The molecular weight excluding hydrogens is 302 g/mol. The van der Waals surface area contributed by atoms with E-state index in [1.165, 1.54) is 22.3 Å². The van der Waals surface area contributed by atoms with Crippen LogP contribution in [0, 0.1) is 13.8 Å². The van der Waals surface area contributed by atoms with Gasteiger partial charge in [0.25, 0.3) is 0 Å². The molecule has 0 spiro atoms. The summed E-state index contributed by atoms with van der Waals surface area (Å²) in [5.41, 5.74) is 5.43. The number of nitrogens with zero attached hydrogens (tertiary/aromatic N) is 1. The Morgan fingerprint density at radius 3 is 2.67 bits per heavy atom. The van der Waals surface area contributed by atoms with Crippen molar-refractivity contribution in [2.24, 2.45) is 0 Å². The minimum atomic E-state index is -0.498. The second-order valence-electron chi connectivity index (χ2n) is 6.69. The van der Waals surface area contributed by atoms with Crippen molar-refractivity contribution in [3.05, 3.63) is 46.2 Å². The number of carbonyl (C=O) groups excluding carboxylic acids is 2. The predicted molar refractivity (Wildman–Crippen MR) is 92.6 cm³/mol. The smallest absolute Gasteiger partial charge is 0.343 e. The van der Waals surface area contributed by atoms with Crippen molar-refractivity contribution >= 4 is 11.8 Å². The summed E-state index contributed by atoms with van der Waals surface area (Å²) < 4.78 is 5.05. The number of hydrogen-bond acceptors (Lipinski definition) is 4. The van der Waals surface area contributed by atoms with Crippen molar-refractivity contribution in [3.8, 4) is 0 Å². The Labute approximate surface area is 143 Å². The molecule has 0 N–H and O–H groups in total. The molecule has 0 aliphatic carbocycles. The van der Waals surface area contributed by atoms with Crippen LogP contribution < -0.4 is 0 Å². The van der Waals surface area contributed by atoms with E-state index in [-0.39, 0.29) is 24.0 Å². The topological polar surface area (TPSA) is 46.6 Å². The van der Waals surface area contributed by atoms with Crippen LogP contribution in [0.2, 0.25) is 0 Å². The number of rotatable bonds is 3. The largest absolute Gasteiger partial charge is 0.462 e. The SMILES string of the molecule is CCOC(=O)C1=CN2C(CC)Cc3c(ccc(C)c3C)C2CC1=O. The summed E-state index contributed by atoms with van der Waals surface area (Å²) in [7, 11) is 0. The molecule has 4 nitrogen and oxygen atoms in total. The van der Waals surface area contributed by atoms with Gasteiger partial charge in [0.2, 0.25) is 0 Å². The molecule has 2 heterocycles. The summed E-state index contributed by atoms with van der Waals surface area (Å²) >= 11 is 0. The van der Waals surface area contributed by atoms with Crippen molar-refractivity contribution in [2.45, 2.75) is 59.0 Å². The molecule has 0 fully saturated rings. The molecule has 24 heavy (non-hydrogen) atoms. The Hall–Kier alpha value is -2.10. The Morgan fingerprint density at radius 1 is 1.25 bits per heavy atom. The number of ether oxygens (including phenoxy) is 1. The van der Waals surface area contributed by atoms with Crippen LogP contribution in [0.3, 0.4) is 0 Å². The lowest BCUT2D eigenvalue weighted by Gasteiger charge is -2.45. The lowest BCUT2D eigenvalue weighted by atomic mass is 9.80. The van der Waals surface area contributed by atoms with Crippen molar-refractivity contribution in [2.75, 3.05) is 6.61 Å². The number of esters is 1. The zero-order valence-corrected chi connectivity index (χ0v) is 14.9. The molecule has 0 aromatic heterocycles. The van der Waals surface area contributed by atoms with Crippen LogP contribution in [0.25, 0.3) is 0 Å². The Balaban J connectivity index is 2.06. The second kappa shape index (κ2) is 6.42. The van der Waals surface area contributed by atoms with Crippen molar-refractivity contribution < 1.29 is 14.3 Å². The third-order valence-corrected chi connectivity index (χ3v) is 5.41. The quantitative estimate of drug-likeness (QED) is 0.630. The molecule has 2 unspecified atom stereocenters. The first-order chi connectivity index (χ1) is 11.5. The molecular formula is C20H25NO3. The summed E-state index contributed by atoms with van der Waals surface area (Å²) in [5, 5.41) is 0. The molecule has 3 rings (SSSR count). The van der Waals surface area contributed by atoms with Gasteiger partial charge in [0.15, 0.2) is 5.78 Å². The first-order valence-electron chi connectivity index (χ1n) is 8.76. The van der Waals surface area contributed by atoms with E-state index in [9.17, 15) is 9.59 Å². The van der Waals surface area contributed by atoms with Crippen molar-refractivity contribution in [1.82, 2.24) is 4.90 Å². The van der Waals surface area contributed by atoms with Crippen LogP contribution in [0.5, 0.6) is 0 Å². The van der Waals surface area contributed by atoms with Crippen LogP contribution in [-0.2, 0) is 20.7 Å². The summed E-state index contributed by atoms with van der Waals surface area (Å²) in [6.07, 6.45) is 4.03. The number of Topliss-reactive ketones (excluding diaryl/α,β-unsaturated/α-hetero) is 1. The van der Waals surface area contributed by atoms with E-state index in [4.69, 9.17) is 4.74 Å². The van der Waals surface area contributed by atoms with E-state index < -0.39 is 5.97 Å². The first-order valence-corrected chi connectivity index (χ1v) is 8.76. The van der Waals surface area contributed by atoms with Crippen LogP contribution in [0.4, 0.5) is 0 Å². The van der Waals surface area contributed by atoms with Gasteiger partial charge in [-0.3, -0.25) is 4.79 Å². The lowest BCUT2D eigenvalue weighted by molar-refractivity contribution is -0.140. The third kappa shape index (κ3) is 2.64. The predicted octanol–water partition coefficient (Wildman–Crippen LogP) is 3.40. The Morgan fingerprint density at radius 2 is 2.00 bits per heavy atom. The van der Waals surface area contributed by atoms with Crippen LogP contribution >= 0.6 is 0 Å². The lowest BCUT2D eigenvalue weighted by Crippen LogP contribution is -2.44. The van der Waals surface area contributed by atoms with Crippen molar-refractivity contribution in [3.63, 3.8) is 0 Å². The average molecular weight is 327 g/mol. The maximum Gasteiger partial charge on any atom is 0.343 e. The molecule has 2 atom stereocenters. The van der Waals surface area contributed by atoms with Gasteiger partial charge in [-0.15, -0.1) is 0 Å². The van der Waals surface area contributed by atoms with Gasteiger partial charge in [0.1, 0.15) is 5.57 Å². The van der Waals surface area contributed by atoms with Gasteiger partial charge in [-0.1, -0.05) is 19.1 Å². The average Bonchev–Trinajstić information content (AvgIpc) is 2.57. The van der Waals surface area contributed by atoms with Crippen LogP contribution in [0.1, 0.15) is 55.0 Å². The van der Waals surface area contributed by atoms with E-state index in [0.29, 0.717) is 12.5 Å². The number of benzene rings is 1. The van der Waals surface area contributed by atoms with Gasteiger partial charge >= 0.3 is 5.97 Å². The highest BCUT2D eigenvalue weighted by molar-refractivity contribution is 6.17. The van der Waals surface area contributed by atoms with E-state index in [1.54, 1.807) is 13.1 Å². The maximum absolute atomic E-state index is 12.5. The molecule has 0 saturated carbocycles. The summed E-state index contributed by atoms with van der Waals surface area (Å²) in [6.45, 7) is 8.50. The zero-order valence-electron chi connectivity index (χ0n) is 14.9. The highest BCUT2D eigenvalue weighted by Crippen LogP contribution is 2.41. The number of carbonyl (C=O) groups is 2. The monoisotopic (exact) mass is 327 g/mol. The standard InChI is InChI=1S/C20H25NO3/c1-5-14-9-16-13(4)12(3)7-8-15(16)18-10-19(22)17(11-21(14)18)20(23)24-6-2/h7-8,11,14,18H,5-6,9-10H2,1-4H3. The molecule has 0 saturated heterocycles. The number of ketones is 1. The first kappa shape index (κ1) is 16.7. The van der Waals surface area contributed by atoms with Gasteiger partial charge in [-0.25, -0.2) is 4.79 Å². The number of fused-ring (bicyclic) bond motifs is 3. The molecule has 2 aliphatic heterocycles. The van der Waals surface area contributed by atoms with E-state index >= 15 is 0 Å². The molecule has 4 heteroatoms. The van der Waals surface area contributed by atoms with Gasteiger partial charge in [-0.2, -0.15) is 0 Å². The highest BCUT2D eigenvalue weighted by Gasteiger charge is 2.39. The second-order valence-corrected chi connectivity index (χ2v) is 6.69. The maximum atomic E-state index is 12.5. The van der Waals surface area contributed by atoms with Crippen LogP contribution in [-0.4, -0.2) is 29.3 Å². The fourth-order valence-corrected chi connectivity index (χ4v) is 3.88. The van der Waals surface area contributed by atoms with Crippen LogP contribution in [0.15, 0.2) is 23.9 Å². The molecule has 128 valence electrons. The Kier molecular flexibility index (Phi) is 4.48. The fourth-order valence-electron chi connectivity index (χ4n) is 3.88. The fraction of sp³-hybridized carbons (Fsp3) is 0.500. The number of hydrogen-bond donors (Lipinski definition) is 0. The Bertz CT molecular complexity index is 720. The molecule has 0 radical (unpaired) electrons. The summed E-state index contributed by atoms with van der Waals surface area (Å²) in [6, 6.07) is 4.62. The van der Waals surface area contributed by atoms with Gasteiger partial charge in [0, 0.05) is 18.7 Å². The minimum absolute atomic E-state index is 0.0312. The molecule has 1 aromatic rings. The van der Waals surface area contributed by atoms with E-state index in [2.05, 4.69) is 37.8 Å². The number of aryl methyl sites for hydroxylation is 1.